The predicted octanol–water partition coefficient (Wildman–Crippen LogP) is 0.0721. The van der Waals surface area contributed by atoms with E-state index in [1.54, 1.807) is 17.3 Å². The number of hydrogen-bond acceptors (Lipinski definition) is 5. The molecule has 1 fully saturated rings. The van der Waals surface area contributed by atoms with Gasteiger partial charge < -0.3 is 10.2 Å². The van der Waals surface area contributed by atoms with Gasteiger partial charge in [0.15, 0.2) is 0 Å². The second-order valence-corrected chi connectivity index (χ2v) is 7.03. The summed E-state index contributed by atoms with van der Waals surface area (Å²) in [7, 11) is 0. The van der Waals surface area contributed by atoms with Crippen LogP contribution in [0.1, 0.15) is 24.0 Å². The zero-order valence-electron chi connectivity index (χ0n) is 15.1. The lowest BCUT2D eigenvalue weighted by Crippen LogP contribution is -2.69. The number of carbonyl (C=O) groups is 3. The number of aromatic nitrogens is 2. The minimum atomic E-state index is -0.638. The fourth-order valence-electron chi connectivity index (χ4n) is 3.51. The van der Waals surface area contributed by atoms with Gasteiger partial charge in [-0.15, -0.1) is 0 Å². The van der Waals surface area contributed by atoms with E-state index in [9.17, 15) is 14.4 Å². The predicted molar refractivity (Wildman–Crippen MR) is 99.9 cm³/mol. The van der Waals surface area contributed by atoms with E-state index in [0.717, 1.165) is 11.1 Å². The van der Waals surface area contributed by atoms with Gasteiger partial charge >= 0.3 is 0 Å². The zero-order chi connectivity index (χ0) is 19.6. The van der Waals surface area contributed by atoms with Crippen LogP contribution < -0.4 is 10.7 Å². The molecule has 2 aromatic rings. The number of carbonyl (C=O) groups excluding carboxylic acids is 3. The average Bonchev–Trinajstić information content (AvgIpc) is 3.34. The number of rotatable bonds is 6. The lowest BCUT2D eigenvalue weighted by molar-refractivity contribution is -0.137. The van der Waals surface area contributed by atoms with E-state index in [4.69, 9.17) is 0 Å². The van der Waals surface area contributed by atoms with E-state index in [1.165, 1.54) is 0 Å². The molecule has 28 heavy (non-hydrogen) atoms. The van der Waals surface area contributed by atoms with Crippen molar-refractivity contribution < 1.29 is 14.4 Å². The van der Waals surface area contributed by atoms with Crippen LogP contribution in [0.4, 0.5) is 0 Å². The normalized spacial score (nSPS) is 17.5. The lowest BCUT2D eigenvalue weighted by Gasteiger charge is -2.50. The van der Waals surface area contributed by atoms with Crippen LogP contribution in [-0.2, 0) is 26.3 Å². The molecule has 2 aliphatic rings. The first-order valence-electron chi connectivity index (χ1n) is 9.05. The summed E-state index contributed by atoms with van der Waals surface area (Å²) >= 11 is 0. The third-order valence-corrected chi connectivity index (χ3v) is 5.00. The summed E-state index contributed by atoms with van der Waals surface area (Å²) in [5.41, 5.74) is 3.77. The Morgan fingerprint density at radius 3 is 2.64 bits per heavy atom. The molecule has 3 heterocycles. The van der Waals surface area contributed by atoms with Crippen molar-refractivity contribution in [1.29, 1.82) is 0 Å². The molecule has 9 heteroatoms. The van der Waals surface area contributed by atoms with Gasteiger partial charge in [0.25, 0.3) is 5.91 Å². The van der Waals surface area contributed by atoms with Crippen molar-refractivity contribution in [1.82, 2.24) is 25.8 Å². The average molecular weight is 380 g/mol. The summed E-state index contributed by atoms with van der Waals surface area (Å²) in [5.74, 6) is -0.657. The van der Waals surface area contributed by atoms with Gasteiger partial charge in [0, 0.05) is 12.6 Å². The van der Waals surface area contributed by atoms with Crippen LogP contribution in [0.15, 0.2) is 47.8 Å². The maximum Gasteiger partial charge on any atom is 0.270 e. The molecule has 1 aromatic carbocycles. The Morgan fingerprint density at radius 1 is 1.21 bits per heavy atom. The first-order valence-corrected chi connectivity index (χ1v) is 9.05. The maximum atomic E-state index is 12.6. The fraction of sp³-hybridized carbons (Fsp3) is 0.316. The van der Waals surface area contributed by atoms with E-state index in [-0.39, 0.29) is 29.9 Å². The summed E-state index contributed by atoms with van der Waals surface area (Å²) < 4.78 is 0. The number of aromatic amines is 1. The molecular weight excluding hydrogens is 360 g/mol. The summed E-state index contributed by atoms with van der Waals surface area (Å²) in [5, 5.41) is 13.5. The molecule has 0 saturated carbocycles. The number of benzene rings is 1. The molecule has 0 unspecified atom stereocenters. The lowest BCUT2D eigenvalue weighted by atomic mass is 9.81. The van der Waals surface area contributed by atoms with Crippen molar-refractivity contribution in [2.45, 2.75) is 24.8 Å². The highest BCUT2D eigenvalue weighted by Gasteiger charge is 2.48. The molecule has 4 rings (SSSR count). The summed E-state index contributed by atoms with van der Waals surface area (Å²) in [6, 6.07) is 9.60. The van der Waals surface area contributed by atoms with Crippen LogP contribution in [0.3, 0.4) is 0 Å². The minimum Gasteiger partial charge on any atom is -0.343 e. The van der Waals surface area contributed by atoms with Crippen LogP contribution in [-0.4, -0.2) is 51.6 Å². The van der Waals surface area contributed by atoms with Crippen LogP contribution in [0, 0.1) is 0 Å². The molecule has 3 amide bonds. The smallest absolute Gasteiger partial charge is 0.270 e. The van der Waals surface area contributed by atoms with E-state index in [0.29, 0.717) is 25.9 Å². The first kappa shape index (κ1) is 17.9. The molecule has 1 aromatic heterocycles. The van der Waals surface area contributed by atoms with Crippen LogP contribution in [0.5, 0.6) is 0 Å². The van der Waals surface area contributed by atoms with Crippen molar-refractivity contribution >= 4 is 23.4 Å². The van der Waals surface area contributed by atoms with Crippen molar-refractivity contribution in [3.63, 3.8) is 0 Å². The Balaban J connectivity index is 1.44. The third-order valence-electron chi connectivity index (χ3n) is 5.00. The topological polar surface area (TPSA) is 120 Å². The Morgan fingerprint density at radius 2 is 2.00 bits per heavy atom. The van der Waals surface area contributed by atoms with Crippen LogP contribution >= 0.6 is 0 Å². The van der Waals surface area contributed by atoms with E-state index >= 15 is 0 Å². The standard InChI is InChI=1S/C19H20N6O3/c26-16(7-6-13-9-20-21-10-13)22-19(14-4-2-1-3-5-14)11-25(12-19)18(28)15-8-17(27)24-23-15/h1-5,9-10H,6-8,11-12H2,(H,20,21)(H,22,26)(H,24,27). The number of amides is 3. The second-order valence-electron chi connectivity index (χ2n) is 7.03. The molecule has 0 spiro atoms. The first-order chi connectivity index (χ1) is 13.6. The van der Waals surface area contributed by atoms with Gasteiger partial charge in [-0.1, -0.05) is 30.3 Å². The largest absolute Gasteiger partial charge is 0.343 e. The summed E-state index contributed by atoms with van der Waals surface area (Å²) in [6.07, 6.45) is 4.36. The van der Waals surface area contributed by atoms with Gasteiger partial charge in [0.1, 0.15) is 11.3 Å². The highest BCUT2D eigenvalue weighted by atomic mass is 16.2. The Labute approximate surface area is 161 Å². The maximum absolute atomic E-state index is 12.6. The van der Waals surface area contributed by atoms with Gasteiger partial charge in [-0.25, -0.2) is 5.43 Å². The van der Waals surface area contributed by atoms with E-state index < -0.39 is 5.54 Å². The van der Waals surface area contributed by atoms with Gasteiger partial charge in [-0.3, -0.25) is 19.5 Å². The Hall–Kier alpha value is -3.49. The Kier molecular flexibility index (Phi) is 4.64. The quantitative estimate of drug-likeness (QED) is 0.657. The van der Waals surface area contributed by atoms with Gasteiger partial charge in [-0.2, -0.15) is 10.2 Å². The molecule has 144 valence electrons. The molecule has 0 atom stereocenters. The molecule has 0 radical (unpaired) electrons. The highest BCUT2D eigenvalue weighted by Crippen LogP contribution is 2.32. The van der Waals surface area contributed by atoms with Gasteiger partial charge in [0.05, 0.1) is 25.7 Å². The zero-order valence-corrected chi connectivity index (χ0v) is 15.1. The number of hydrazone groups is 1. The van der Waals surface area contributed by atoms with E-state index in [2.05, 4.69) is 26.0 Å². The van der Waals surface area contributed by atoms with Crippen LogP contribution in [0.2, 0.25) is 0 Å². The number of likely N-dealkylation sites (tertiary alicyclic amines) is 1. The third kappa shape index (κ3) is 3.51. The Bertz CT molecular complexity index is 916. The summed E-state index contributed by atoms with van der Waals surface area (Å²) in [4.78, 5) is 38.0. The second kappa shape index (κ2) is 7.26. The van der Waals surface area contributed by atoms with Crippen molar-refractivity contribution in [2.75, 3.05) is 13.1 Å². The summed E-state index contributed by atoms with van der Waals surface area (Å²) in [6.45, 7) is 0.668. The van der Waals surface area contributed by atoms with Gasteiger partial charge in [0.2, 0.25) is 11.8 Å². The number of H-pyrrole nitrogens is 1. The molecule has 3 N–H and O–H groups in total. The molecule has 2 aliphatic heterocycles. The minimum absolute atomic E-state index is 0.00920. The van der Waals surface area contributed by atoms with Crippen LogP contribution in [0.25, 0.3) is 0 Å². The molecule has 0 bridgehead atoms. The number of nitrogens with zero attached hydrogens (tertiary/aromatic N) is 3. The number of nitrogens with one attached hydrogen (secondary N) is 3. The van der Waals surface area contributed by atoms with Crippen molar-refractivity contribution in [2.24, 2.45) is 5.10 Å². The number of hydrogen-bond donors (Lipinski definition) is 3. The van der Waals surface area contributed by atoms with Gasteiger partial charge in [-0.05, 0) is 17.5 Å². The molecule has 0 aliphatic carbocycles. The molecule has 1 saturated heterocycles. The van der Waals surface area contributed by atoms with Crippen molar-refractivity contribution in [3.8, 4) is 0 Å². The van der Waals surface area contributed by atoms with E-state index in [1.807, 2.05) is 30.3 Å². The van der Waals surface area contributed by atoms with Crippen molar-refractivity contribution in [3.05, 3.63) is 53.9 Å². The SMILES string of the molecule is O=C1CC(C(=O)N2CC(NC(=O)CCc3cn[nH]c3)(c3ccccc3)C2)=NN1. The molecule has 9 nitrogen and oxygen atoms in total. The monoisotopic (exact) mass is 380 g/mol. The highest BCUT2D eigenvalue weighted by molar-refractivity contribution is 6.43. The molecular formula is C19H20N6O3. The fourth-order valence-corrected chi connectivity index (χ4v) is 3.51. The number of aryl methyl sites for hydroxylation is 1.